The van der Waals surface area contributed by atoms with Crippen LogP contribution in [0.1, 0.15) is 29.9 Å². The molecule has 0 unspecified atom stereocenters. The first-order valence-corrected chi connectivity index (χ1v) is 9.69. The highest BCUT2D eigenvalue weighted by Crippen LogP contribution is 2.37. The third-order valence-electron chi connectivity index (χ3n) is 4.42. The van der Waals surface area contributed by atoms with Crippen LogP contribution < -0.4 is 0 Å². The number of benzene rings is 1. The second-order valence-electron chi connectivity index (χ2n) is 6.63. The summed E-state index contributed by atoms with van der Waals surface area (Å²) in [4.78, 5) is 20.4. The Morgan fingerprint density at radius 2 is 2.07 bits per heavy atom. The fourth-order valence-electron chi connectivity index (χ4n) is 3.39. The molecule has 0 spiro atoms. The molecule has 6 heteroatoms. The summed E-state index contributed by atoms with van der Waals surface area (Å²) in [5.41, 5.74) is 5.20. The van der Waals surface area contributed by atoms with Crippen molar-refractivity contribution in [2.45, 2.75) is 26.6 Å². The minimum absolute atomic E-state index is 0.213. The Balaban J connectivity index is 2.05. The zero-order valence-corrected chi connectivity index (χ0v) is 16.2. The van der Waals surface area contributed by atoms with Crippen LogP contribution in [-0.4, -0.2) is 29.2 Å². The number of pyridine rings is 1. The summed E-state index contributed by atoms with van der Waals surface area (Å²) in [5.74, 6) is -0.429. The van der Waals surface area contributed by atoms with E-state index in [0.717, 1.165) is 38.5 Å². The van der Waals surface area contributed by atoms with Crippen LogP contribution in [0.5, 0.6) is 0 Å². The molecule has 4 rings (SSSR count). The predicted molar refractivity (Wildman–Crippen MR) is 108 cm³/mol. The van der Waals surface area contributed by atoms with E-state index < -0.39 is 5.97 Å². The SMILES string of the molecule is COCc1c(C(=O)OC(C)C)ncc2[nH]c3cccc(-c4ccsc4)c3c12. The van der Waals surface area contributed by atoms with E-state index in [1.165, 1.54) is 0 Å². The third-order valence-corrected chi connectivity index (χ3v) is 5.10. The molecule has 0 fully saturated rings. The van der Waals surface area contributed by atoms with Crippen LogP contribution in [0.25, 0.3) is 32.9 Å². The van der Waals surface area contributed by atoms with E-state index in [0.29, 0.717) is 5.69 Å². The lowest BCUT2D eigenvalue weighted by atomic mass is 9.99. The average molecular weight is 380 g/mol. The number of nitrogens with zero attached hydrogens (tertiary/aromatic N) is 1. The van der Waals surface area contributed by atoms with E-state index >= 15 is 0 Å². The van der Waals surface area contributed by atoms with Crippen LogP contribution in [0.2, 0.25) is 0 Å². The zero-order chi connectivity index (χ0) is 19.0. The number of fused-ring (bicyclic) bond motifs is 3. The van der Waals surface area contributed by atoms with Crippen molar-refractivity contribution in [1.82, 2.24) is 9.97 Å². The number of hydrogen-bond acceptors (Lipinski definition) is 5. The van der Waals surface area contributed by atoms with E-state index in [9.17, 15) is 4.79 Å². The lowest BCUT2D eigenvalue weighted by Crippen LogP contribution is -2.15. The number of H-pyrrole nitrogens is 1. The van der Waals surface area contributed by atoms with Gasteiger partial charge in [-0.2, -0.15) is 11.3 Å². The maximum absolute atomic E-state index is 12.6. The van der Waals surface area contributed by atoms with Gasteiger partial charge in [-0.05, 0) is 47.9 Å². The van der Waals surface area contributed by atoms with E-state index in [-0.39, 0.29) is 12.7 Å². The number of hydrogen-bond donors (Lipinski definition) is 1. The van der Waals surface area contributed by atoms with Crippen molar-refractivity contribution >= 4 is 39.1 Å². The van der Waals surface area contributed by atoms with Gasteiger partial charge in [-0.3, -0.25) is 0 Å². The van der Waals surface area contributed by atoms with Crippen molar-refractivity contribution in [2.75, 3.05) is 7.11 Å². The van der Waals surface area contributed by atoms with E-state index in [4.69, 9.17) is 9.47 Å². The minimum atomic E-state index is -0.429. The number of aromatic amines is 1. The molecular weight excluding hydrogens is 360 g/mol. The number of nitrogens with one attached hydrogen (secondary N) is 1. The highest BCUT2D eigenvalue weighted by atomic mass is 32.1. The summed E-state index contributed by atoms with van der Waals surface area (Å²) in [6.07, 6.45) is 1.48. The number of aromatic nitrogens is 2. The number of carbonyl (C=O) groups is 1. The van der Waals surface area contributed by atoms with Crippen LogP contribution in [0.15, 0.2) is 41.2 Å². The van der Waals surface area contributed by atoms with Crippen molar-refractivity contribution in [3.63, 3.8) is 0 Å². The van der Waals surface area contributed by atoms with Gasteiger partial charge < -0.3 is 14.5 Å². The Morgan fingerprint density at radius 1 is 1.22 bits per heavy atom. The first-order valence-electron chi connectivity index (χ1n) is 8.75. The van der Waals surface area contributed by atoms with Crippen LogP contribution in [0.3, 0.4) is 0 Å². The van der Waals surface area contributed by atoms with Gasteiger partial charge in [-0.1, -0.05) is 12.1 Å². The minimum Gasteiger partial charge on any atom is -0.458 e. The number of esters is 1. The van der Waals surface area contributed by atoms with Crippen molar-refractivity contribution < 1.29 is 14.3 Å². The molecule has 0 amide bonds. The fraction of sp³-hybridized carbons (Fsp3) is 0.238. The predicted octanol–water partition coefficient (Wildman–Crippen LogP) is 5.16. The quantitative estimate of drug-likeness (QED) is 0.486. The van der Waals surface area contributed by atoms with Crippen LogP contribution in [0, 0.1) is 0 Å². The van der Waals surface area contributed by atoms with Crippen molar-refractivity contribution in [3.05, 3.63) is 52.5 Å². The molecule has 138 valence electrons. The number of thiophene rings is 1. The van der Waals surface area contributed by atoms with E-state index in [2.05, 4.69) is 32.9 Å². The second kappa shape index (κ2) is 7.13. The van der Waals surface area contributed by atoms with E-state index in [1.807, 2.05) is 26.0 Å². The standard InChI is InChI=1S/C21H20N2O3S/c1-12(2)26-21(24)20-15(10-25-3)19-17(9-22-20)23-16-6-4-5-14(18(16)19)13-7-8-27-11-13/h4-9,11-12,23H,10H2,1-3H3. The smallest absolute Gasteiger partial charge is 0.357 e. The monoisotopic (exact) mass is 380 g/mol. The maximum Gasteiger partial charge on any atom is 0.357 e. The first kappa shape index (κ1) is 17.7. The molecule has 1 N–H and O–H groups in total. The number of carbonyl (C=O) groups excluding carboxylic acids is 1. The molecule has 1 aromatic carbocycles. The Bertz CT molecular complexity index is 1110. The van der Waals surface area contributed by atoms with Crippen LogP contribution in [-0.2, 0) is 16.1 Å². The van der Waals surface area contributed by atoms with Gasteiger partial charge in [0.05, 0.1) is 24.4 Å². The Kier molecular flexibility index (Phi) is 4.68. The Labute approximate surface area is 160 Å². The van der Waals surface area contributed by atoms with Gasteiger partial charge in [0.2, 0.25) is 0 Å². The summed E-state index contributed by atoms with van der Waals surface area (Å²) >= 11 is 1.66. The summed E-state index contributed by atoms with van der Waals surface area (Å²) in [5, 5.41) is 6.21. The molecule has 0 atom stereocenters. The lowest BCUT2D eigenvalue weighted by molar-refractivity contribution is 0.0366. The zero-order valence-electron chi connectivity index (χ0n) is 15.4. The summed E-state index contributed by atoms with van der Waals surface area (Å²) in [6.45, 7) is 3.93. The molecule has 0 aliphatic rings. The molecule has 27 heavy (non-hydrogen) atoms. The molecule has 5 nitrogen and oxygen atoms in total. The second-order valence-corrected chi connectivity index (χ2v) is 7.41. The molecule has 0 saturated carbocycles. The largest absolute Gasteiger partial charge is 0.458 e. The van der Waals surface area contributed by atoms with E-state index in [1.54, 1.807) is 24.6 Å². The number of rotatable bonds is 5. The number of ether oxygens (including phenoxy) is 2. The van der Waals surface area contributed by atoms with Crippen molar-refractivity contribution in [1.29, 1.82) is 0 Å². The summed E-state index contributed by atoms with van der Waals surface area (Å²) in [7, 11) is 1.62. The van der Waals surface area contributed by atoms with Gasteiger partial charge in [0.25, 0.3) is 0 Å². The maximum atomic E-state index is 12.6. The summed E-state index contributed by atoms with van der Waals surface area (Å²) < 4.78 is 10.8. The van der Waals surface area contributed by atoms with Crippen LogP contribution in [0.4, 0.5) is 0 Å². The molecule has 0 aliphatic carbocycles. The van der Waals surface area contributed by atoms with Gasteiger partial charge >= 0.3 is 5.97 Å². The van der Waals surface area contributed by atoms with Crippen LogP contribution >= 0.6 is 11.3 Å². The molecule has 0 bridgehead atoms. The Morgan fingerprint density at radius 3 is 2.78 bits per heavy atom. The molecule has 0 saturated heterocycles. The Hall–Kier alpha value is -2.70. The highest BCUT2D eigenvalue weighted by molar-refractivity contribution is 7.08. The van der Waals surface area contributed by atoms with Gasteiger partial charge in [0.1, 0.15) is 0 Å². The third kappa shape index (κ3) is 3.11. The summed E-state index contributed by atoms with van der Waals surface area (Å²) in [6, 6.07) is 8.26. The first-order chi connectivity index (χ1) is 13.1. The van der Waals surface area contributed by atoms with Gasteiger partial charge in [-0.15, -0.1) is 0 Å². The molecule has 0 aliphatic heterocycles. The molecule has 0 radical (unpaired) electrons. The van der Waals surface area contributed by atoms with Crippen molar-refractivity contribution in [3.8, 4) is 11.1 Å². The topological polar surface area (TPSA) is 64.2 Å². The fourth-order valence-corrected chi connectivity index (χ4v) is 4.05. The highest BCUT2D eigenvalue weighted by Gasteiger charge is 2.22. The lowest BCUT2D eigenvalue weighted by Gasteiger charge is -2.12. The van der Waals surface area contributed by atoms with Crippen molar-refractivity contribution in [2.24, 2.45) is 0 Å². The van der Waals surface area contributed by atoms with Gasteiger partial charge in [-0.25, -0.2) is 9.78 Å². The van der Waals surface area contributed by atoms with Gasteiger partial charge in [0, 0.05) is 29.0 Å². The molecule has 4 aromatic rings. The number of methoxy groups -OCH3 is 1. The normalized spacial score (nSPS) is 11.6. The molecular formula is C21H20N2O3S. The molecule has 3 aromatic heterocycles. The molecule has 3 heterocycles. The average Bonchev–Trinajstić information content (AvgIpc) is 3.29. The van der Waals surface area contributed by atoms with Gasteiger partial charge in [0.15, 0.2) is 5.69 Å².